The summed E-state index contributed by atoms with van der Waals surface area (Å²) in [5, 5.41) is 8.85. The van der Waals surface area contributed by atoms with Crippen LogP contribution in [-0.2, 0) is 10.0 Å². The Hall–Kier alpha value is -3.57. The lowest BCUT2D eigenvalue weighted by molar-refractivity contribution is 0.601. The van der Waals surface area contributed by atoms with Crippen LogP contribution in [0.2, 0.25) is 0 Å². The molecule has 1 aliphatic heterocycles. The average Bonchev–Trinajstić information content (AvgIpc) is 2.80. The molecule has 1 N–H and O–H groups in total. The van der Waals surface area contributed by atoms with E-state index in [4.69, 9.17) is 5.26 Å². The van der Waals surface area contributed by atoms with Crippen LogP contribution >= 0.6 is 0 Å². The minimum Gasteiger partial charge on any atom is -0.368 e. The van der Waals surface area contributed by atoms with Gasteiger partial charge in [-0.3, -0.25) is 9.71 Å². The second-order valence-electron chi connectivity index (χ2n) is 6.97. The van der Waals surface area contributed by atoms with Gasteiger partial charge in [-0.25, -0.2) is 8.42 Å². The van der Waals surface area contributed by atoms with Gasteiger partial charge in [0.15, 0.2) is 0 Å². The van der Waals surface area contributed by atoms with Crippen LogP contribution < -0.4 is 14.5 Å². The molecule has 0 atom stereocenters. The third-order valence-electron chi connectivity index (χ3n) is 5.09. The van der Waals surface area contributed by atoms with Crippen LogP contribution in [0, 0.1) is 11.3 Å². The molecule has 0 saturated carbocycles. The normalized spacial score (nSPS) is 14.2. The summed E-state index contributed by atoms with van der Waals surface area (Å²) in [5.74, 6) is 0. The number of sulfonamides is 1. The molecule has 0 amide bonds. The van der Waals surface area contributed by atoms with E-state index in [0.717, 1.165) is 31.9 Å². The SMILES string of the molecule is N#Cc1ccc(S(=O)(=O)Nc2ccc(N3CCN(c4ccncc4)CC3)cc2)cc1. The predicted molar refractivity (Wildman–Crippen MR) is 117 cm³/mol. The van der Waals surface area contributed by atoms with Gasteiger partial charge >= 0.3 is 0 Å². The first kappa shape index (κ1) is 19.7. The number of anilines is 3. The second-order valence-corrected chi connectivity index (χ2v) is 8.65. The van der Waals surface area contributed by atoms with Crippen molar-refractivity contribution in [3.05, 3.63) is 78.6 Å². The average molecular weight is 420 g/mol. The van der Waals surface area contributed by atoms with Crippen molar-refractivity contribution in [3.8, 4) is 6.07 Å². The Morgan fingerprint density at radius 2 is 1.33 bits per heavy atom. The van der Waals surface area contributed by atoms with Crippen molar-refractivity contribution in [1.29, 1.82) is 5.26 Å². The number of benzene rings is 2. The quantitative estimate of drug-likeness (QED) is 0.684. The summed E-state index contributed by atoms with van der Waals surface area (Å²) in [6, 6.07) is 19.2. The van der Waals surface area contributed by atoms with E-state index in [0.29, 0.717) is 11.3 Å². The molecule has 3 aromatic rings. The molecule has 152 valence electrons. The Morgan fingerprint density at radius 1 is 0.800 bits per heavy atom. The van der Waals surface area contributed by atoms with E-state index < -0.39 is 10.0 Å². The van der Waals surface area contributed by atoms with Crippen molar-refractivity contribution in [3.63, 3.8) is 0 Å². The van der Waals surface area contributed by atoms with Crippen LogP contribution in [0.25, 0.3) is 0 Å². The Labute approximate surface area is 176 Å². The summed E-state index contributed by atoms with van der Waals surface area (Å²) in [4.78, 5) is 8.81. The van der Waals surface area contributed by atoms with Gasteiger partial charge < -0.3 is 9.80 Å². The van der Waals surface area contributed by atoms with E-state index >= 15 is 0 Å². The van der Waals surface area contributed by atoms with Gasteiger partial charge in [0, 0.05) is 55.6 Å². The number of hydrogen-bond acceptors (Lipinski definition) is 6. The fourth-order valence-electron chi connectivity index (χ4n) is 3.44. The smallest absolute Gasteiger partial charge is 0.261 e. The lowest BCUT2D eigenvalue weighted by Crippen LogP contribution is -2.46. The molecule has 0 radical (unpaired) electrons. The highest BCUT2D eigenvalue weighted by molar-refractivity contribution is 7.92. The Kier molecular flexibility index (Phi) is 5.55. The summed E-state index contributed by atoms with van der Waals surface area (Å²) >= 11 is 0. The highest BCUT2D eigenvalue weighted by atomic mass is 32.2. The maximum absolute atomic E-state index is 12.5. The standard InChI is InChI=1S/C22H21N5O2S/c23-17-18-1-7-22(8-2-18)30(28,29)25-19-3-5-20(6-4-19)26-13-15-27(16-14-26)21-9-11-24-12-10-21/h1-12,25H,13-16H2. The summed E-state index contributed by atoms with van der Waals surface area (Å²) in [7, 11) is -3.70. The summed E-state index contributed by atoms with van der Waals surface area (Å²) in [6.07, 6.45) is 3.61. The van der Waals surface area contributed by atoms with Crippen molar-refractivity contribution in [2.75, 3.05) is 40.7 Å². The molecular formula is C22H21N5O2S. The number of hydrogen-bond donors (Lipinski definition) is 1. The van der Waals surface area contributed by atoms with E-state index in [2.05, 4.69) is 19.5 Å². The Bertz CT molecular complexity index is 1130. The molecule has 1 aliphatic rings. The minimum atomic E-state index is -3.70. The molecule has 0 aliphatic carbocycles. The number of aromatic nitrogens is 1. The molecule has 0 spiro atoms. The van der Waals surface area contributed by atoms with Gasteiger partial charge in [0.1, 0.15) is 0 Å². The Balaban J connectivity index is 1.39. The first-order chi connectivity index (χ1) is 14.5. The fourth-order valence-corrected chi connectivity index (χ4v) is 4.50. The van der Waals surface area contributed by atoms with Crippen molar-refractivity contribution in [2.24, 2.45) is 0 Å². The van der Waals surface area contributed by atoms with Gasteiger partial charge in [0.25, 0.3) is 10.0 Å². The zero-order chi connectivity index (χ0) is 21.0. The van der Waals surface area contributed by atoms with E-state index in [-0.39, 0.29) is 4.90 Å². The number of nitrogens with zero attached hydrogens (tertiary/aromatic N) is 4. The molecule has 2 aromatic carbocycles. The number of piperazine rings is 1. The highest BCUT2D eigenvalue weighted by Crippen LogP contribution is 2.23. The van der Waals surface area contributed by atoms with E-state index in [1.54, 1.807) is 24.5 Å². The maximum Gasteiger partial charge on any atom is 0.261 e. The number of nitriles is 1. The first-order valence-corrected chi connectivity index (χ1v) is 11.1. The molecule has 0 bridgehead atoms. The third kappa shape index (κ3) is 4.36. The van der Waals surface area contributed by atoms with E-state index in [9.17, 15) is 8.42 Å². The monoisotopic (exact) mass is 419 g/mol. The predicted octanol–water partition coefficient (Wildman–Crippen LogP) is 3.08. The highest BCUT2D eigenvalue weighted by Gasteiger charge is 2.18. The van der Waals surface area contributed by atoms with Crippen LogP contribution in [-0.4, -0.2) is 39.6 Å². The molecule has 7 nitrogen and oxygen atoms in total. The van der Waals surface area contributed by atoms with Crippen LogP contribution in [0.3, 0.4) is 0 Å². The molecule has 1 saturated heterocycles. The lowest BCUT2D eigenvalue weighted by atomic mass is 10.2. The molecule has 1 fully saturated rings. The molecule has 0 unspecified atom stereocenters. The molecule has 8 heteroatoms. The number of pyridine rings is 1. The topological polar surface area (TPSA) is 89.3 Å². The summed E-state index contributed by atoms with van der Waals surface area (Å²) in [5.41, 5.74) is 3.16. The Morgan fingerprint density at radius 3 is 1.87 bits per heavy atom. The van der Waals surface area contributed by atoms with Crippen molar-refractivity contribution in [1.82, 2.24) is 4.98 Å². The molecule has 2 heterocycles. The number of nitrogens with one attached hydrogen (secondary N) is 1. The molecule has 30 heavy (non-hydrogen) atoms. The van der Waals surface area contributed by atoms with Crippen molar-refractivity contribution >= 4 is 27.1 Å². The minimum absolute atomic E-state index is 0.123. The van der Waals surface area contributed by atoms with Gasteiger partial charge in [-0.15, -0.1) is 0 Å². The summed E-state index contributed by atoms with van der Waals surface area (Å²) in [6.45, 7) is 3.60. The number of rotatable bonds is 5. The van der Waals surface area contributed by atoms with Gasteiger partial charge in [-0.1, -0.05) is 0 Å². The van der Waals surface area contributed by atoms with Crippen molar-refractivity contribution in [2.45, 2.75) is 4.90 Å². The van der Waals surface area contributed by atoms with Gasteiger partial charge in [0.2, 0.25) is 0 Å². The summed E-state index contributed by atoms with van der Waals surface area (Å²) < 4.78 is 27.7. The van der Waals surface area contributed by atoms with Crippen LogP contribution in [0.15, 0.2) is 78.0 Å². The maximum atomic E-state index is 12.5. The van der Waals surface area contributed by atoms with Crippen LogP contribution in [0.1, 0.15) is 5.56 Å². The van der Waals surface area contributed by atoms with Gasteiger partial charge in [-0.05, 0) is 60.7 Å². The molecule has 1 aromatic heterocycles. The zero-order valence-electron chi connectivity index (χ0n) is 16.3. The molecule has 4 rings (SSSR count). The first-order valence-electron chi connectivity index (χ1n) is 9.58. The third-order valence-corrected chi connectivity index (χ3v) is 6.48. The van der Waals surface area contributed by atoms with Gasteiger partial charge in [0.05, 0.1) is 16.5 Å². The second kappa shape index (κ2) is 8.43. The van der Waals surface area contributed by atoms with Crippen LogP contribution in [0.4, 0.5) is 17.1 Å². The van der Waals surface area contributed by atoms with E-state index in [1.807, 2.05) is 30.3 Å². The van der Waals surface area contributed by atoms with Crippen molar-refractivity contribution < 1.29 is 8.42 Å². The largest absolute Gasteiger partial charge is 0.368 e. The zero-order valence-corrected chi connectivity index (χ0v) is 17.1. The lowest BCUT2D eigenvalue weighted by Gasteiger charge is -2.37. The van der Waals surface area contributed by atoms with E-state index in [1.165, 1.54) is 30.0 Å². The molecular weight excluding hydrogens is 398 g/mol. The van der Waals surface area contributed by atoms with Gasteiger partial charge in [-0.2, -0.15) is 5.26 Å². The van der Waals surface area contributed by atoms with Crippen LogP contribution in [0.5, 0.6) is 0 Å². The fraction of sp³-hybridized carbons (Fsp3) is 0.182.